The molecule has 3 aromatic carbocycles. The molecule has 3 aromatic rings. The van der Waals surface area contributed by atoms with Crippen LogP contribution in [0, 0.1) is 17.0 Å². The standard InChI is InChI=1S/C20H17N3O4/c1-13-16(10-5-11-18(13)23(25)26)20(24)27-22-19(21)12-15-8-4-7-14-6-2-3-9-17(14)15/h2-11H,12H2,1H3,(H2,21,22). The number of benzene rings is 3. The van der Waals surface area contributed by atoms with Crippen molar-refractivity contribution in [1.82, 2.24) is 0 Å². The van der Waals surface area contributed by atoms with Gasteiger partial charge >= 0.3 is 5.97 Å². The second kappa shape index (κ2) is 7.65. The maximum absolute atomic E-state index is 12.2. The molecule has 0 radical (unpaired) electrons. The van der Waals surface area contributed by atoms with Crippen LogP contribution in [0.1, 0.15) is 21.5 Å². The predicted octanol–water partition coefficient (Wildman–Crippen LogP) is 3.73. The predicted molar refractivity (Wildman–Crippen MR) is 103 cm³/mol. The number of oxime groups is 1. The zero-order chi connectivity index (χ0) is 19.4. The van der Waals surface area contributed by atoms with Crippen LogP contribution >= 0.6 is 0 Å². The molecule has 0 bridgehead atoms. The summed E-state index contributed by atoms with van der Waals surface area (Å²) in [6.07, 6.45) is 0.308. The van der Waals surface area contributed by atoms with Gasteiger partial charge in [-0.25, -0.2) is 4.79 Å². The van der Waals surface area contributed by atoms with Crippen LogP contribution in [0.2, 0.25) is 0 Å². The average Bonchev–Trinajstić information content (AvgIpc) is 2.66. The molecular weight excluding hydrogens is 346 g/mol. The third-order valence-corrected chi connectivity index (χ3v) is 4.22. The number of rotatable bonds is 5. The van der Waals surface area contributed by atoms with Gasteiger partial charge in [-0.2, -0.15) is 0 Å². The summed E-state index contributed by atoms with van der Waals surface area (Å²) >= 11 is 0. The van der Waals surface area contributed by atoms with Crippen molar-refractivity contribution in [1.29, 1.82) is 0 Å². The average molecular weight is 363 g/mol. The van der Waals surface area contributed by atoms with Gasteiger partial charge in [0.25, 0.3) is 5.69 Å². The molecule has 0 saturated carbocycles. The highest BCUT2D eigenvalue weighted by molar-refractivity contribution is 5.94. The van der Waals surface area contributed by atoms with Gasteiger partial charge in [0.1, 0.15) is 5.84 Å². The van der Waals surface area contributed by atoms with Gasteiger partial charge in [0, 0.05) is 18.1 Å². The Hall–Kier alpha value is -3.74. The number of hydrogen-bond donors (Lipinski definition) is 1. The summed E-state index contributed by atoms with van der Waals surface area (Å²) in [6, 6.07) is 17.9. The maximum atomic E-state index is 12.2. The van der Waals surface area contributed by atoms with Crippen molar-refractivity contribution < 1.29 is 14.6 Å². The number of nitro benzene ring substituents is 1. The summed E-state index contributed by atoms with van der Waals surface area (Å²) in [5.74, 6) is -0.667. The quantitative estimate of drug-likeness (QED) is 0.244. The van der Waals surface area contributed by atoms with Gasteiger partial charge in [-0.05, 0) is 29.3 Å². The van der Waals surface area contributed by atoms with E-state index in [-0.39, 0.29) is 22.6 Å². The Labute approximate surface area is 155 Å². The molecule has 27 heavy (non-hydrogen) atoms. The van der Waals surface area contributed by atoms with Gasteiger partial charge in [0.15, 0.2) is 0 Å². The van der Waals surface area contributed by atoms with Gasteiger partial charge in [-0.1, -0.05) is 53.7 Å². The molecule has 2 N–H and O–H groups in total. The maximum Gasteiger partial charge on any atom is 0.366 e. The molecule has 0 aromatic heterocycles. The topological polar surface area (TPSA) is 108 Å². The molecule has 7 heteroatoms. The molecule has 3 rings (SSSR count). The molecule has 0 atom stereocenters. The summed E-state index contributed by atoms with van der Waals surface area (Å²) in [6.45, 7) is 1.48. The van der Waals surface area contributed by atoms with Crippen molar-refractivity contribution in [2.45, 2.75) is 13.3 Å². The Kier molecular flexibility index (Phi) is 5.12. The second-order valence-electron chi connectivity index (χ2n) is 5.98. The van der Waals surface area contributed by atoms with Gasteiger partial charge in [0.05, 0.1) is 10.5 Å². The van der Waals surface area contributed by atoms with Gasteiger partial charge in [0.2, 0.25) is 0 Å². The molecule has 0 aliphatic rings. The molecule has 0 spiro atoms. The monoisotopic (exact) mass is 363 g/mol. The zero-order valence-electron chi connectivity index (χ0n) is 14.6. The number of hydrogen-bond acceptors (Lipinski definition) is 5. The number of fused-ring (bicyclic) bond motifs is 1. The summed E-state index contributed by atoms with van der Waals surface area (Å²) in [5.41, 5.74) is 7.00. The minimum atomic E-state index is -0.794. The molecule has 7 nitrogen and oxygen atoms in total. The summed E-state index contributed by atoms with van der Waals surface area (Å²) in [7, 11) is 0. The molecule has 136 valence electrons. The molecule has 0 heterocycles. The number of nitrogens with zero attached hydrogens (tertiary/aromatic N) is 2. The molecule has 0 unspecified atom stereocenters. The summed E-state index contributed by atoms with van der Waals surface area (Å²) in [4.78, 5) is 27.5. The molecular formula is C20H17N3O4. The second-order valence-corrected chi connectivity index (χ2v) is 5.98. The largest absolute Gasteiger partial charge is 0.384 e. The van der Waals surface area contributed by atoms with Crippen LogP contribution in [-0.2, 0) is 11.3 Å². The minimum absolute atomic E-state index is 0.0749. The Bertz CT molecular complexity index is 1050. The minimum Gasteiger partial charge on any atom is -0.384 e. The normalized spacial score (nSPS) is 11.4. The summed E-state index contributed by atoms with van der Waals surface area (Å²) < 4.78 is 0. The Morgan fingerprint density at radius 3 is 2.59 bits per heavy atom. The Morgan fingerprint density at radius 2 is 1.81 bits per heavy atom. The fourth-order valence-electron chi connectivity index (χ4n) is 2.87. The third kappa shape index (κ3) is 3.92. The lowest BCUT2D eigenvalue weighted by Crippen LogP contribution is -2.17. The fraction of sp³-hybridized carbons (Fsp3) is 0.100. The zero-order valence-corrected chi connectivity index (χ0v) is 14.6. The lowest BCUT2D eigenvalue weighted by atomic mass is 10.0. The smallest absolute Gasteiger partial charge is 0.366 e. The highest BCUT2D eigenvalue weighted by Gasteiger charge is 2.19. The van der Waals surface area contributed by atoms with Crippen molar-refractivity contribution in [3.63, 3.8) is 0 Å². The SMILES string of the molecule is Cc1c(C(=O)O/N=C(\N)Cc2cccc3ccccc23)cccc1[N+](=O)[O-]. The van der Waals surface area contributed by atoms with E-state index in [9.17, 15) is 14.9 Å². The van der Waals surface area contributed by atoms with Crippen molar-refractivity contribution in [2.75, 3.05) is 0 Å². The molecule has 0 aliphatic heterocycles. The lowest BCUT2D eigenvalue weighted by molar-refractivity contribution is -0.385. The Morgan fingerprint density at radius 1 is 1.11 bits per heavy atom. The first-order chi connectivity index (χ1) is 13.0. The van der Waals surface area contributed by atoms with E-state index < -0.39 is 10.9 Å². The van der Waals surface area contributed by atoms with Gasteiger partial charge < -0.3 is 10.6 Å². The van der Waals surface area contributed by atoms with E-state index in [0.29, 0.717) is 6.42 Å². The first-order valence-corrected chi connectivity index (χ1v) is 8.21. The van der Waals surface area contributed by atoms with Crippen molar-refractivity contribution >= 4 is 28.3 Å². The highest BCUT2D eigenvalue weighted by Crippen LogP contribution is 2.22. The van der Waals surface area contributed by atoms with Gasteiger partial charge in [-0.3, -0.25) is 10.1 Å². The fourth-order valence-corrected chi connectivity index (χ4v) is 2.87. The van der Waals surface area contributed by atoms with Crippen LogP contribution in [0.4, 0.5) is 5.69 Å². The van der Waals surface area contributed by atoms with E-state index in [1.165, 1.54) is 25.1 Å². The number of nitro groups is 1. The van der Waals surface area contributed by atoms with E-state index in [0.717, 1.165) is 16.3 Å². The van der Waals surface area contributed by atoms with E-state index >= 15 is 0 Å². The van der Waals surface area contributed by atoms with Crippen LogP contribution < -0.4 is 5.73 Å². The van der Waals surface area contributed by atoms with Crippen LogP contribution in [0.3, 0.4) is 0 Å². The van der Waals surface area contributed by atoms with Crippen molar-refractivity contribution in [3.05, 3.63) is 87.5 Å². The summed E-state index contributed by atoms with van der Waals surface area (Å²) in [5, 5.41) is 16.8. The lowest BCUT2D eigenvalue weighted by Gasteiger charge is -2.07. The first kappa shape index (κ1) is 18.1. The number of carbonyl (C=O) groups excluding carboxylic acids is 1. The highest BCUT2D eigenvalue weighted by atomic mass is 16.7. The number of carbonyl (C=O) groups is 1. The van der Waals surface area contributed by atoms with E-state index in [1.54, 1.807) is 0 Å². The third-order valence-electron chi connectivity index (χ3n) is 4.22. The molecule has 0 saturated heterocycles. The number of amidine groups is 1. The molecule has 0 fully saturated rings. The van der Waals surface area contributed by atoms with Crippen LogP contribution in [0.25, 0.3) is 10.8 Å². The van der Waals surface area contributed by atoms with Crippen LogP contribution in [0.5, 0.6) is 0 Å². The Balaban J connectivity index is 1.77. The van der Waals surface area contributed by atoms with Crippen LogP contribution in [0.15, 0.2) is 65.8 Å². The van der Waals surface area contributed by atoms with Crippen molar-refractivity contribution in [3.8, 4) is 0 Å². The number of nitrogens with two attached hydrogens (primary N) is 1. The first-order valence-electron chi connectivity index (χ1n) is 8.21. The molecule has 0 aliphatic carbocycles. The van der Waals surface area contributed by atoms with E-state index in [1.807, 2.05) is 42.5 Å². The van der Waals surface area contributed by atoms with Crippen molar-refractivity contribution in [2.24, 2.45) is 10.9 Å². The molecule has 0 amide bonds. The van der Waals surface area contributed by atoms with E-state index in [4.69, 9.17) is 10.6 Å². The van der Waals surface area contributed by atoms with Gasteiger partial charge in [-0.15, -0.1) is 0 Å². The van der Waals surface area contributed by atoms with E-state index in [2.05, 4.69) is 5.16 Å². The van der Waals surface area contributed by atoms with Crippen LogP contribution in [-0.4, -0.2) is 16.7 Å².